The minimum atomic E-state index is -0.642. The van der Waals surface area contributed by atoms with E-state index in [1.165, 1.54) is 11.8 Å². The molecule has 4 rings (SSSR count). The van der Waals surface area contributed by atoms with Crippen molar-refractivity contribution in [1.29, 1.82) is 0 Å². The highest BCUT2D eigenvalue weighted by Crippen LogP contribution is 2.31. The molecule has 3 heterocycles. The Labute approximate surface area is 180 Å². The third-order valence-electron chi connectivity index (χ3n) is 5.46. The molecule has 1 atom stereocenters. The van der Waals surface area contributed by atoms with Crippen LogP contribution >= 0.6 is 11.8 Å². The molecule has 2 aliphatic rings. The number of benzene rings is 1. The van der Waals surface area contributed by atoms with Crippen LogP contribution in [0.3, 0.4) is 0 Å². The molecule has 1 aromatic heterocycles. The van der Waals surface area contributed by atoms with Gasteiger partial charge >= 0.3 is 0 Å². The van der Waals surface area contributed by atoms with Gasteiger partial charge in [-0.2, -0.15) is 0 Å². The standard InChI is InChI=1S/C22H25N3O4S/c1-30-21-16(5-4-10-23-21)22(27)25-11-8-15(9-12-25)13-24-20(26)19-14-28-17-6-2-3-7-18(17)29-19/h2-7,10,15,19H,8-9,11-14H2,1H3,(H,24,26)/t19-/m1/s1. The number of para-hydroxylation sites is 2. The van der Waals surface area contributed by atoms with Gasteiger partial charge in [-0.3, -0.25) is 9.59 Å². The molecule has 1 N–H and O–H groups in total. The van der Waals surface area contributed by atoms with Gasteiger partial charge in [-0.1, -0.05) is 12.1 Å². The molecule has 7 nitrogen and oxygen atoms in total. The molecule has 0 aliphatic carbocycles. The summed E-state index contributed by atoms with van der Waals surface area (Å²) in [4.78, 5) is 31.5. The normalized spacial score (nSPS) is 18.7. The molecular formula is C22H25N3O4S. The minimum absolute atomic E-state index is 0.0290. The van der Waals surface area contributed by atoms with Gasteiger partial charge in [0.05, 0.1) is 5.56 Å². The second kappa shape index (κ2) is 9.38. The number of fused-ring (bicyclic) bond motifs is 1. The zero-order valence-electron chi connectivity index (χ0n) is 16.9. The number of thioether (sulfide) groups is 1. The van der Waals surface area contributed by atoms with Gasteiger partial charge in [0.1, 0.15) is 11.6 Å². The Morgan fingerprint density at radius 1 is 1.17 bits per heavy atom. The molecule has 2 aliphatic heterocycles. The SMILES string of the molecule is CSc1ncccc1C(=O)N1CCC(CNC(=O)[C@H]2COc3ccccc3O2)CC1. The van der Waals surface area contributed by atoms with E-state index in [-0.39, 0.29) is 18.4 Å². The number of pyridine rings is 1. The molecule has 1 fully saturated rings. The molecule has 0 saturated carbocycles. The Balaban J connectivity index is 1.24. The zero-order valence-corrected chi connectivity index (χ0v) is 17.7. The lowest BCUT2D eigenvalue weighted by molar-refractivity contribution is -0.130. The van der Waals surface area contributed by atoms with Crippen molar-refractivity contribution >= 4 is 23.6 Å². The highest BCUT2D eigenvalue weighted by Gasteiger charge is 2.29. The number of nitrogens with one attached hydrogen (secondary N) is 1. The molecule has 1 aromatic carbocycles. The highest BCUT2D eigenvalue weighted by atomic mass is 32.2. The summed E-state index contributed by atoms with van der Waals surface area (Å²) < 4.78 is 11.4. The summed E-state index contributed by atoms with van der Waals surface area (Å²) in [5, 5.41) is 3.74. The number of nitrogens with zero attached hydrogens (tertiary/aromatic N) is 2. The third kappa shape index (κ3) is 4.53. The van der Waals surface area contributed by atoms with E-state index in [1.54, 1.807) is 18.3 Å². The van der Waals surface area contributed by atoms with Crippen LogP contribution in [0, 0.1) is 5.92 Å². The van der Waals surface area contributed by atoms with Crippen molar-refractivity contribution in [1.82, 2.24) is 15.2 Å². The lowest BCUT2D eigenvalue weighted by atomic mass is 9.96. The predicted molar refractivity (Wildman–Crippen MR) is 114 cm³/mol. The van der Waals surface area contributed by atoms with E-state index < -0.39 is 6.10 Å². The summed E-state index contributed by atoms with van der Waals surface area (Å²) in [6.07, 6.45) is 4.69. The number of rotatable bonds is 5. The predicted octanol–water partition coefficient (Wildman–Crippen LogP) is 2.61. The Hall–Kier alpha value is -2.74. The smallest absolute Gasteiger partial charge is 0.264 e. The van der Waals surface area contributed by atoms with Gasteiger partial charge in [0, 0.05) is 25.8 Å². The van der Waals surface area contributed by atoms with Gasteiger partial charge in [-0.05, 0) is 49.3 Å². The second-order valence-corrected chi connectivity index (χ2v) is 8.20. The van der Waals surface area contributed by atoms with Crippen molar-refractivity contribution in [3.05, 3.63) is 48.2 Å². The molecule has 158 valence electrons. The molecule has 0 unspecified atom stereocenters. The quantitative estimate of drug-likeness (QED) is 0.739. The van der Waals surface area contributed by atoms with Crippen LogP contribution in [0.1, 0.15) is 23.2 Å². The number of carbonyl (C=O) groups excluding carboxylic acids is 2. The number of carbonyl (C=O) groups is 2. The lowest BCUT2D eigenvalue weighted by Gasteiger charge is -2.33. The molecule has 8 heteroatoms. The molecule has 30 heavy (non-hydrogen) atoms. The van der Waals surface area contributed by atoms with E-state index >= 15 is 0 Å². The number of amides is 2. The Morgan fingerprint density at radius 3 is 2.70 bits per heavy atom. The fourth-order valence-electron chi connectivity index (χ4n) is 3.73. The summed E-state index contributed by atoms with van der Waals surface area (Å²) in [7, 11) is 0. The van der Waals surface area contributed by atoms with Gasteiger partial charge in [0.15, 0.2) is 11.5 Å². The Bertz CT molecular complexity index is 915. The molecule has 1 saturated heterocycles. The van der Waals surface area contributed by atoms with Crippen LogP contribution in [0.4, 0.5) is 0 Å². The molecule has 0 spiro atoms. The largest absolute Gasteiger partial charge is 0.485 e. The van der Waals surface area contributed by atoms with Crippen molar-refractivity contribution in [2.75, 3.05) is 32.5 Å². The van der Waals surface area contributed by atoms with E-state index in [2.05, 4.69) is 10.3 Å². The number of likely N-dealkylation sites (tertiary alicyclic amines) is 1. The van der Waals surface area contributed by atoms with Crippen LogP contribution in [0.5, 0.6) is 11.5 Å². The monoisotopic (exact) mass is 427 g/mol. The van der Waals surface area contributed by atoms with Crippen molar-refractivity contribution in [3.63, 3.8) is 0 Å². The molecular weight excluding hydrogens is 402 g/mol. The highest BCUT2D eigenvalue weighted by molar-refractivity contribution is 7.98. The first-order valence-electron chi connectivity index (χ1n) is 10.1. The van der Waals surface area contributed by atoms with Crippen LogP contribution in [0.2, 0.25) is 0 Å². The van der Waals surface area contributed by atoms with Crippen LogP contribution in [-0.2, 0) is 4.79 Å². The van der Waals surface area contributed by atoms with Crippen molar-refractivity contribution in [2.45, 2.75) is 24.0 Å². The number of hydrogen-bond acceptors (Lipinski definition) is 6. The van der Waals surface area contributed by atoms with Crippen LogP contribution < -0.4 is 14.8 Å². The fraction of sp³-hybridized carbons (Fsp3) is 0.409. The van der Waals surface area contributed by atoms with Crippen LogP contribution in [-0.4, -0.2) is 60.3 Å². The zero-order chi connectivity index (χ0) is 20.9. The van der Waals surface area contributed by atoms with E-state index in [9.17, 15) is 9.59 Å². The Morgan fingerprint density at radius 2 is 1.93 bits per heavy atom. The number of aromatic nitrogens is 1. The summed E-state index contributed by atoms with van der Waals surface area (Å²) in [5.41, 5.74) is 0.659. The fourth-order valence-corrected chi connectivity index (χ4v) is 4.28. The lowest BCUT2D eigenvalue weighted by Crippen LogP contribution is -2.47. The van der Waals surface area contributed by atoms with Gasteiger partial charge in [-0.15, -0.1) is 11.8 Å². The first-order chi connectivity index (χ1) is 14.7. The van der Waals surface area contributed by atoms with Crippen molar-refractivity contribution in [3.8, 4) is 11.5 Å². The molecule has 0 radical (unpaired) electrons. The molecule has 0 bridgehead atoms. The number of hydrogen-bond donors (Lipinski definition) is 1. The average molecular weight is 428 g/mol. The number of ether oxygens (including phenoxy) is 2. The van der Waals surface area contributed by atoms with Crippen LogP contribution in [0.15, 0.2) is 47.6 Å². The molecule has 2 aromatic rings. The van der Waals surface area contributed by atoms with Gasteiger partial charge in [0.25, 0.3) is 11.8 Å². The second-order valence-electron chi connectivity index (χ2n) is 7.41. The topological polar surface area (TPSA) is 80.8 Å². The summed E-state index contributed by atoms with van der Waals surface area (Å²) >= 11 is 1.48. The van der Waals surface area contributed by atoms with Crippen LogP contribution in [0.25, 0.3) is 0 Å². The average Bonchev–Trinajstić information content (AvgIpc) is 2.82. The van der Waals surface area contributed by atoms with Gasteiger partial charge in [0.2, 0.25) is 6.10 Å². The first kappa shape index (κ1) is 20.5. The molecule has 2 amide bonds. The maximum absolute atomic E-state index is 12.8. The van der Waals surface area contributed by atoms with E-state index in [4.69, 9.17) is 9.47 Å². The van der Waals surface area contributed by atoms with Gasteiger partial charge < -0.3 is 19.7 Å². The van der Waals surface area contributed by atoms with Crippen molar-refractivity contribution < 1.29 is 19.1 Å². The van der Waals surface area contributed by atoms with E-state index in [0.29, 0.717) is 42.6 Å². The first-order valence-corrected chi connectivity index (χ1v) is 11.3. The Kier molecular flexibility index (Phi) is 6.42. The van der Waals surface area contributed by atoms with Gasteiger partial charge in [-0.25, -0.2) is 4.98 Å². The van der Waals surface area contributed by atoms with E-state index in [1.807, 2.05) is 35.4 Å². The maximum atomic E-state index is 12.8. The van der Waals surface area contributed by atoms with E-state index in [0.717, 1.165) is 17.9 Å². The number of piperidine rings is 1. The maximum Gasteiger partial charge on any atom is 0.264 e. The summed E-state index contributed by atoms with van der Waals surface area (Å²) in [5.74, 6) is 1.46. The summed E-state index contributed by atoms with van der Waals surface area (Å²) in [6, 6.07) is 11.0. The van der Waals surface area contributed by atoms with Crippen molar-refractivity contribution in [2.24, 2.45) is 5.92 Å². The minimum Gasteiger partial charge on any atom is -0.485 e. The summed E-state index contributed by atoms with van der Waals surface area (Å²) in [6.45, 7) is 2.14. The third-order valence-corrected chi connectivity index (χ3v) is 6.17.